The van der Waals surface area contributed by atoms with Crippen LogP contribution in [0.1, 0.15) is 116 Å². The first-order chi connectivity index (χ1) is 14.9. The van der Waals surface area contributed by atoms with Crippen molar-refractivity contribution in [3.05, 3.63) is 0 Å². The van der Waals surface area contributed by atoms with Crippen LogP contribution in [0.5, 0.6) is 0 Å². The zero-order valence-electron chi connectivity index (χ0n) is 22.7. The fraction of sp³-hybridized carbons (Fsp3) is 1.00. The number of halogens is 1. The van der Waals surface area contributed by atoms with Crippen LogP contribution in [0.25, 0.3) is 0 Å². The molecule has 0 aliphatic carbocycles. The van der Waals surface area contributed by atoms with Crippen molar-refractivity contribution in [1.82, 2.24) is 0 Å². The van der Waals surface area contributed by atoms with E-state index < -0.39 is 8.80 Å². The predicted octanol–water partition coefficient (Wildman–Crippen LogP) is 8.01. The Labute approximate surface area is 209 Å². The Kier molecular flexibility index (Phi) is 24.9. The maximum Gasteiger partial charge on any atom is 0.500 e. The lowest BCUT2D eigenvalue weighted by atomic mass is 10.0. The third-order valence-electron chi connectivity index (χ3n) is 6.80. The van der Waals surface area contributed by atoms with Crippen molar-refractivity contribution in [3.8, 4) is 0 Å². The molecule has 0 aromatic carbocycles. The van der Waals surface area contributed by atoms with Gasteiger partial charge >= 0.3 is 8.80 Å². The monoisotopic (exact) mass is 496 g/mol. The molecule has 0 aromatic heterocycles. The minimum atomic E-state index is -2.40. The summed E-state index contributed by atoms with van der Waals surface area (Å²) < 4.78 is 17.7. The molecule has 0 unspecified atom stereocenters. The van der Waals surface area contributed by atoms with Crippen LogP contribution in [-0.2, 0) is 13.3 Å². The van der Waals surface area contributed by atoms with E-state index in [-0.39, 0.29) is 12.4 Å². The predicted molar refractivity (Wildman–Crippen MR) is 145 cm³/mol. The van der Waals surface area contributed by atoms with E-state index in [1.165, 1.54) is 109 Å². The third kappa shape index (κ3) is 19.8. The van der Waals surface area contributed by atoms with E-state index in [9.17, 15) is 0 Å². The van der Waals surface area contributed by atoms with Gasteiger partial charge in [-0.3, -0.25) is 0 Å². The summed E-state index contributed by atoms with van der Waals surface area (Å²) in [6, 6.07) is 0.900. The van der Waals surface area contributed by atoms with Gasteiger partial charge in [0.1, 0.15) is 0 Å². The summed E-state index contributed by atoms with van der Waals surface area (Å²) in [5, 5.41) is 0. The van der Waals surface area contributed by atoms with Gasteiger partial charge < -0.3 is 17.8 Å². The Morgan fingerprint density at radius 3 is 1.16 bits per heavy atom. The Hall–Kier alpha value is 0.347. The third-order valence-corrected chi connectivity index (χ3v) is 9.63. The van der Waals surface area contributed by atoms with Gasteiger partial charge in [-0.1, -0.05) is 96.8 Å². The molecule has 0 saturated carbocycles. The van der Waals surface area contributed by atoms with Crippen molar-refractivity contribution < 1.29 is 17.8 Å². The Bertz CT molecular complexity index is 374. The molecule has 0 spiro atoms. The zero-order valence-corrected chi connectivity index (χ0v) is 24.5. The van der Waals surface area contributed by atoms with Gasteiger partial charge in [0.25, 0.3) is 0 Å². The quantitative estimate of drug-likeness (QED) is 0.0768. The van der Waals surface area contributed by atoms with E-state index >= 15 is 0 Å². The minimum Gasteiger partial charge on any atom is -0.377 e. The summed E-state index contributed by atoms with van der Waals surface area (Å²) in [5.74, 6) is 0. The first-order valence-electron chi connectivity index (χ1n) is 13.4. The van der Waals surface area contributed by atoms with Gasteiger partial charge in [-0.15, -0.1) is 12.4 Å². The van der Waals surface area contributed by atoms with Crippen molar-refractivity contribution in [2.45, 2.75) is 122 Å². The zero-order chi connectivity index (χ0) is 23.3. The lowest BCUT2D eigenvalue weighted by Gasteiger charge is -2.31. The van der Waals surface area contributed by atoms with Crippen molar-refractivity contribution in [2.75, 3.05) is 48.5 Å². The maximum absolute atomic E-state index is 5.53. The fourth-order valence-corrected chi connectivity index (χ4v) is 6.18. The topological polar surface area (TPSA) is 27.7 Å². The summed E-state index contributed by atoms with van der Waals surface area (Å²) >= 11 is 0. The summed E-state index contributed by atoms with van der Waals surface area (Å²) in [7, 11) is 7.40. The van der Waals surface area contributed by atoms with Crippen molar-refractivity contribution in [1.29, 1.82) is 0 Å². The van der Waals surface area contributed by atoms with Crippen LogP contribution in [0.3, 0.4) is 0 Å². The molecule has 6 heteroatoms. The van der Waals surface area contributed by atoms with Gasteiger partial charge in [-0.05, 0) is 12.8 Å². The number of nitrogens with zero attached hydrogens (tertiary/aromatic N) is 1. The Morgan fingerprint density at radius 2 is 0.812 bits per heavy atom. The van der Waals surface area contributed by atoms with Crippen molar-refractivity contribution >= 4 is 21.2 Å². The van der Waals surface area contributed by atoms with E-state index in [0.717, 1.165) is 23.5 Å². The van der Waals surface area contributed by atoms with Crippen LogP contribution in [0.4, 0.5) is 0 Å². The number of unbranched alkanes of at least 4 members (excludes halogenated alkanes) is 15. The van der Waals surface area contributed by atoms with Crippen LogP contribution < -0.4 is 0 Å². The number of rotatable bonds is 24. The van der Waals surface area contributed by atoms with E-state index in [1.54, 1.807) is 21.3 Å². The number of quaternary nitrogens is 1. The molecule has 0 bridgehead atoms. The van der Waals surface area contributed by atoms with Crippen LogP contribution in [0, 0.1) is 0 Å². The molecule has 32 heavy (non-hydrogen) atoms. The lowest BCUT2D eigenvalue weighted by molar-refractivity contribution is -0.890. The molecule has 4 nitrogen and oxygen atoms in total. The molecule has 0 aliphatic rings. The summed E-state index contributed by atoms with van der Waals surface area (Å²) in [4.78, 5) is 0. The largest absolute Gasteiger partial charge is 0.500 e. The number of hydrogen-bond acceptors (Lipinski definition) is 3. The summed E-state index contributed by atoms with van der Waals surface area (Å²) in [5.41, 5.74) is 0. The molecular formula is C26H59ClNO3Si+. The highest BCUT2D eigenvalue weighted by atomic mass is 35.5. The molecular weight excluding hydrogens is 438 g/mol. The van der Waals surface area contributed by atoms with Crippen LogP contribution >= 0.6 is 12.4 Å². The molecule has 0 rings (SSSR count). The highest BCUT2D eigenvalue weighted by Crippen LogP contribution is 2.17. The van der Waals surface area contributed by atoms with Crippen LogP contribution in [-0.4, -0.2) is 61.8 Å². The van der Waals surface area contributed by atoms with Crippen LogP contribution in [0.15, 0.2) is 0 Å². The molecule has 0 aromatic rings. The maximum atomic E-state index is 5.53. The van der Waals surface area contributed by atoms with Crippen LogP contribution in [0.2, 0.25) is 6.04 Å². The number of hydrogen-bond donors (Lipinski definition) is 0. The van der Waals surface area contributed by atoms with E-state index in [0.29, 0.717) is 0 Å². The van der Waals surface area contributed by atoms with E-state index in [4.69, 9.17) is 13.3 Å². The molecule has 196 valence electrons. The molecule has 0 N–H and O–H groups in total. The molecule has 0 saturated heterocycles. The lowest BCUT2D eigenvalue weighted by Crippen LogP contribution is -2.45. The standard InChI is InChI=1S/C26H58NO3Si.ClH/c1-7-8-9-10-11-12-13-14-15-16-17-18-19-20-21-22-24-27(2,3)25-23-26-31(28-4,29-5)30-6;/h7-26H2,1-6H3;1H/q+1;. The fourth-order valence-electron chi connectivity index (χ4n) is 4.48. The first kappa shape index (κ1) is 34.5. The van der Waals surface area contributed by atoms with Crippen molar-refractivity contribution in [3.63, 3.8) is 0 Å². The molecule has 0 aliphatic heterocycles. The van der Waals surface area contributed by atoms with Gasteiger partial charge in [0.15, 0.2) is 0 Å². The van der Waals surface area contributed by atoms with Gasteiger partial charge in [0, 0.05) is 33.8 Å². The molecule has 0 atom stereocenters. The Morgan fingerprint density at radius 1 is 0.500 bits per heavy atom. The average Bonchev–Trinajstić information content (AvgIpc) is 2.76. The second-order valence-corrected chi connectivity index (χ2v) is 13.2. The first-order valence-corrected chi connectivity index (χ1v) is 15.4. The second-order valence-electron chi connectivity index (χ2n) is 10.1. The van der Waals surface area contributed by atoms with Gasteiger partial charge in [0.2, 0.25) is 0 Å². The molecule has 0 heterocycles. The summed E-state index contributed by atoms with van der Waals surface area (Å²) in [6.45, 7) is 4.72. The normalized spacial score (nSPS) is 12.2. The van der Waals surface area contributed by atoms with Gasteiger partial charge in [0.05, 0.1) is 27.2 Å². The smallest absolute Gasteiger partial charge is 0.377 e. The average molecular weight is 497 g/mol. The highest BCUT2D eigenvalue weighted by Gasteiger charge is 2.37. The highest BCUT2D eigenvalue weighted by molar-refractivity contribution is 6.60. The van der Waals surface area contributed by atoms with Crippen molar-refractivity contribution in [2.24, 2.45) is 0 Å². The Balaban J connectivity index is 0. The SMILES string of the molecule is CCCCCCCCCCCCCCCCCC[N+](C)(C)CCC[Si](OC)(OC)OC.Cl. The van der Waals surface area contributed by atoms with E-state index in [2.05, 4.69) is 21.0 Å². The van der Waals surface area contributed by atoms with Gasteiger partial charge in [-0.2, -0.15) is 0 Å². The molecule has 0 amide bonds. The minimum absolute atomic E-state index is 0. The van der Waals surface area contributed by atoms with Gasteiger partial charge in [-0.25, -0.2) is 0 Å². The molecule has 0 fully saturated rings. The second kappa shape index (κ2) is 23.1. The van der Waals surface area contributed by atoms with E-state index in [1.807, 2.05) is 0 Å². The summed E-state index contributed by atoms with van der Waals surface area (Å²) in [6.07, 6.45) is 24.0. The molecule has 0 radical (unpaired) electrons.